The lowest BCUT2D eigenvalue weighted by Gasteiger charge is -2.35. The molecular weight excluding hydrogens is 278 g/mol. The summed E-state index contributed by atoms with van der Waals surface area (Å²) in [5.74, 6) is 0.179. The van der Waals surface area contributed by atoms with Gasteiger partial charge in [-0.05, 0) is 32.4 Å². The zero-order valence-electron chi connectivity index (χ0n) is 13.5. The molecule has 3 rings (SSSR count). The molecule has 0 bridgehead atoms. The number of nitrogens with zero attached hydrogens (tertiary/aromatic N) is 3. The molecule has 5 nitrogen and oxygen atoms in total. The van der Waals surface area contributed by atoms with Crippen LogP contribution >= 0.6 is 0 Å². The molecule has 1 aliphatic rings. The third kappa shape index (κ3) is 2.99. The normalized spacial score (nSPS) is 22.2. The molecule has 118 valence electrons. The van der Waals surface area contributed by atoms with Crippen molar-refractivity contribution >= 4 is 16.8 Å². The molecule has 22 heavy (non-hydrogen) atoms. The summed E-state index contributed by atoms with van der Waals surface area (Å²) in [6.07, 6.45) is 2.58. The largest absolute Gasteiger partial charge is 0.372 e. The number of aryl methyl sites for hydroxylation is 2. The van der Waals surface area contributed by atoms with Crippen LogP contribution in [0.4, 0.5) is 0 Å². The summed E-state index contributed by atoms with van der Waals surface area (Å²) < 4.78 is 7.60. The number of hydrogen-bond donors (Lipinski definition) is 0. The molecule has 1 aromatic carbocycles. The van der Waals surface area contributed by atoms with Crippen molar-refractivity contribution in [1.82, 2.24) is 14.7 Å². The van der Waals surface area contributed by atoms with Gasteiger partial charge in [0, 0.05) is 24.9 Å². The first-order chi connectivity index (χ1) is 10.5. The van der Waals surface area contributed by atoms with E-state index in [1.807, 2.05) is 35.7 Å². The van der Waals surface area contributed by atoms with Crippen molar-refractivity contribution in [3.63, 3.8) is 0 Å². The predicted molar refractivity (Wildman–Crippen MR) is 85.7 cm³/mol. The number of fused-ring (bicyclic) bond motifs is 1. The van der Waals surface area contributed by atoms with E-state index >= 15 is 0 Å². The second-order valence-electron chi connectivity index (χ2n) is 6.18. The third-order valence-electron chi connectivity index (χ3n) is 4.22. The van der Waals surface area contributed by atoms with E-state index in [-0.39, 0.29) is 18.1 Å². The molecule has 1 saturated heterocycles. The maximum atomic E-state index is 12.4. The van der Waals surface area contributed by atoms with Crippen LogP contribution in [0.15, 0.2) is 24.4 Å². The molecule has 1 aliphatic heterocycles. The Morgan fingerprint density at radius 3 is 2.77 bits per heavy atom. The van der Waals surface area contributed by atoms with Gasteiger partial charge in [0.2, 0.25) is 5.91 Å². The van der Waals surface area contributed by atoms with Gasteiger partial charge in [-0.15, -0.1) is 0 Å². The Bertz CT molecular complexity index is 670. The molecule has 0 radical (unpaired) electrons. The van der Waals surface area contributed by atoms with Gasteiger partial charge >= 0.3 is 0 Å². The summed E-state index contributed by atoms with van der Waals surface area (Å²) >= 11 is 0. The Morgan fingerprint density at radius 1 is 1.32 bits per heavy atom. The summed E-state index contributed by atoms with van der Waals surface area (Å²) in [5, 5.41) is 5.58. The van der Waals surface area contributed by atoms with Gasteiger partial charge in [-0.1, -0.05) is 12.1 Å². The monoisotopic (exact) mass is 301 g/mol. The number of benzene rings is 1. The molecule has 5 heteroatoms. The van der Waals surface area contributed by atoms with Crippen molar-refractivity contribution in [2.24, 2.45) is 0 Å². The molecule has 1 fully saturated rings. The molecule has 1 amide bonds. The van der Waals surface area contributed by atoms with Gasteiger partial charge in [0.05, 0.1) is 30.5 Å². The van der Waals surface area contributed by atoms with Crippen LogP contribution in [0.5, 0.6) is 0 Å². The zero-order chi connectivity index (χ0) is 15.7. The number of amides is 1. The van der Waals surface area contributed by atoms with Gasteiger partial charge < -0.3 is 9.64 Å². The summed E-state index contributed by atoms with van der Waals surface area (Å²) in [5.41, 5.74) is 2.31. The van der Waals surface area contributed by atoms with Gasteiger partial charge in [-0.25, -0.2) is 0 Å². The number of morpholine rings is 1. The van der Waals surface area contributed by atoms with Gasteiger partial charge in [-0.2, -0.15) is 5.10 Å². The van der Waals surface area contributed by atoms with Crippen molar-refractivity contribution in [1.29, 1.82) is 0 Å². The molecule has 0 spiro atoms. The summed E-state index contributed by atoms with van der Waals surface area (Å²) in [6.45, 7) is 8.09. The maximum absolute atomic E-state index is 12.4. The van der Waals surface area contributed by atoms with Crippen LogP contribution in [0, 0.1) is 6.92 Å². The highest BCUT2D eigenvalue weighted by molar-refractivity contribution is 5.82. The number of carbonyl (C=O) groups excluding carboxylic acids is 1. The van der Waals surface area contributed by atoms with Crippen molar-refractivity contribution < 1.29 is 9.53 Å². The van der Waals surface area contributed by atoms with Crippen LogP contribution in [0.25, 0.3) is 10.9 Å². The number of ether oxygens (including phenoxy) is 1. The predicted octanol–water partition coefficient (Wildman–Crippen LogP) is 2.37. The first kappa shape index (κ1) is 15.0. The average molecular weight is 301 g/mol. The lowest BCUT2D eigenvalue weighted by molar-refractivity contribution is -0.143. The summed E-state index contributed by atoms with van der Waals surface area (Å²) in [6, 6.07) is 6.16. The Morgan fingerprint density at radius 2 is 2.05 bits per heavy atom. The molecule has 2 aromatic rings. The Balaban J connectivity index is 1.66. The van der Waals surface area contributed by atoms with E-state index in [4.69, 9.17) is 4.74 Å². The highest BCUT2D eigenvalue weighted by Gasteiger charge is 2.25. The van der Waals surface area contributed by atoms with E-state index in [0.29, 0.717) is 26.1 Å². The molecule has 0 aliphatic carbocycles. The fourth-order valence-electron chi connectivity index (χ4n) is 3.17. The van der Waals surface area contributed by atoms with Gasteiger partial charge in [0.15, 0.2) is 0 Å². The van der Waals surface area contributed by atoms with Crippen LogP contribution in [-0.2, 0) is 16.1 Å². The first-order valence-electron chi connectivity index (χ1n) is 7.89. The van der Waals surface area contributed by atoms with E-state index in [0.717, 1.165) is 10.9 Å². The molecule has 1 aromatic heterocycles. The minimum Gasteiger partial charge on any atom is -0.372 e. The van der Waals surface area contributed by atoms with Crippen molar-refractivity contribution in [2.45, 2.75) is 45.9 Å². The number of carbonyl (C=O) groups is 1. The molecule has 2 atom stereocenters. The Kier molecular flexibility index (Phi) is 4.16. The van der Waals surface area contributed by atoms with Crippen LogP contribution < -0.4 is 0 Å². The fraction of sp³-hybridized carbons (Fsp3) is 0.529. The van der Waals surface area contributed by atoms with Gasteiger partial charge in [0.1, 0.15) is 0 Å². The van der Waals surface area contributed by atoms with Crippen LogP contribution in [0.1, 0.15) is 25.8 Å². The van der Waals surface area contributed by atoms with E-state index in [1.54, 1.807) is 0 Å². The lowest BCUT2D eigenvalue weighted by atomic mass is 10.1. The summed E-state index contributed by atoms with van der Waals surface area (Å²) in [4.78, 5) is 14.3. The van der Waals surface area contributed by atoms with Crippen LogP contribution in [-0.4, -0.2) is 45.9 Å². The van der Waals surface area contributed by atoms with Crippen LogP contribution in [0.2, 0.25) is 0 Å². The second-order valence-corrected chi connectivity index (χ2v) is 6.18. The molecule has 0 saturated carbocycles. The first-order valence-corrected chi connectivity index (χ1v) is 7.89. The standard InChI is InChI=1S/C17H23N3O2/c1-12-5-4-6-16-15(12)9-18-20(16)8-7-17(21)19-10-13(2)22-14(3)11-19/h4-6,9,13-14H,7-8,10-11H2,1-3H3/t13-,14-/m1/s1. The number of rotatable bonds is 3. The van der Waals surface area contributed by atoms with Crippen molar-refractivity contribution in [2.75, 3.05) is 13.1 Å². The molecule has 2 heterocycles. The maximum Gasteiger partial charge on any atom is 0.224 e. The molecule has 0 N–H and O–H groups in total. The lowest BCUT2D eigenvalue weighted by Crippen LogP contribution is -2.48. The van der Waals surface area contributed by atoms with E-state index in [9.17, 15) is 4.79 Å². The van der Waals surface area contributed by atoms with Gasteiger partial charge in [0.25, 0.3) is 0 Å². The topological polar surface area (TPSA) is 47.4 Å². The van der Waals surface area contributed by atoms with E-state index in [2.05, 4.69) is 24.2 Å². The van der Waals surface area contributed by atoms with E-state index in [1.165, 1.54) is 5.56 Å². The summed E-state index contributed by atoms with van der Waals surface area (Å²) in [7, 11) is 0. The SMILES string of the molecule is Cc1cccc2c1cnn2CCC(=O)N1C[C@@H](C)O[C@H](C)C1. The molecular formula is C17H23N3O2. The highest BCUT2D eigenvalue weighted by Crippen LogP contribution is 2.18. The Labute approximate surface area is 130 Å². The van der Waals surface area contributed by atoms with Crippen molar-refractivity contribution in [3.8, 4) is 0 Å². The fourth-order valence-corrected chi connectivity index (χ4v) is 3.17. The minimum absolute atomic E-state index is 0.112. The zero-order valence-corrected chi connectivity index (χ0v) is 13.5. The third-order valence-corrected chi connectivity index (χ3v) is 4.22. The molecule has 0 unspecified atom stereocenters. The smallest absolute Gasteiger partial charge is 0.224 e. The van der Waals surface area contributed by atoms with E-state index < -0.39 is 0 Å². The minimum atomic E-state index is 0.112. The van der Waals surface area contributed by atoms with Crippen LogP contribution in [0.3, 0.4) is 0 Å². The quantitative estimate of drug-likeness (QED) is 0.874. The number of hydrogen-bond acceptors (Lipinski definition) is 3. The van der Waals surface area contributed by atoms with Crippen molar-refractivity contribution in [3.05, 3.63) is 30.0 Å². The Hall–Kier alpha value is -1.88. The average Bonchev–Trinajstić information content (AvgIpc) is 2.88. The number of aromatic nitrogens is 2. The van der Waals surface area contributed by atoms with Gasteiger partial charge in [-0.3, -0.25) is 9.48 Å². The highest BCUT2D eigenvalue weighted by atomic mass is 16.5. The second kappa shape index (κ2) is 6.08.